The van der Waals surface area contributed by atoms with Crippen molar-refractivity contribution >= 4 is 27.5 Å². The number of nitrogens with one attached hydrogen (secondary N) is 1. The highest BCUT2D eigenvalue weighted by atomic mass is 32.2. The summed E-state index contributed by atoms with van der Waals surface area (Å²) in [6.07, 6.45) is 0.942. The fraction of sp³-hybridized carbons (Fsp3) is 0.355. The van der Waals surface area contributed by atoms with Gasteiger partial charge in [-0.25, -0.2) is 8.42 Å². The lowest BCUT2D eigenvalue weighted by atomic mass is 10.0. The van der Waals surface area contributed by atoms with Crippen molar-refractivity contribution in [2.75, 3.05) is 23.9 Å². The molecule has 3 aromatic carbocycles. The van der Waals surface area contributed by atoms with Gasteiger partial charge in [0.05, 0.1) is 10.6 Å². The topological polar surface area (TPSA) is 86.8 Å². The number of sulfonamides is 1. The van der Waals surface area contributed by atoms with Crippen LogP contribution >= 0.6 is 0 Å². The van der Waals surface area contributed by atoms with E-state index in [0.717, 1.165) is 15.4 Å². The monoisotopic (exact) mass is 549 g/mol. The molecule has 3 aromatic rings. The minimum atomic E-state index is -4.06. The minimum Gasteiger partial charge on any atom is -0.355 e. The van der Waals surface area contributed by atoms with Gasteiger partial charge >= 0.3 is 0 Å². The lowest BCUT2D eigenvalue weighted by molar-refractivity contribution is -0.139. The van der Waals surface area contributed by atoms with Gasteiger partial charge in [0.2, 0.25) is 11.8 Å². The fourth-order valence-electron chi connectivity index (χ4n) is 4.46. The molecule has 0 bridgehead atoms. The number of benzene rings is 3. The van der Waals surface area contributed by atoms with E-state index in [1.807, 2.05) is 56.3 Å². The third kappa shape index (κ3) is 7.69. The van der Waals surface area contributed by atoms with Gasteiger partial charge in [-0.15, -0.1) is 0 Å². The minimum absolute atomic E-state index is 0.0948. The molecule has 0 aliphatic carbocycles. The molecule has 0 spiro atoms. The largest absolute Gasteiger partial charge is 0.355 e. The Kier molecular flexibility index (Phi) is 10.7. The highest BCUT2D eigenvalue weighted by Crippen LogP contribution is 2.26. The zero-order valence-electron chi connectivity index (χ0n) is 23.2. The van der Waals surface area contributed by atoms with Crippen LogP contribution in [0.1, 0.15) is 51.2 Å². The Bertz CT molecular complexity index is 1310. The molecular weight excluding hydrogens is 510 g/mol. The standard InChI is InChI=1S/C31H39N3O4S/c1-5-29(31(36)32-6-2)33(22-21-25-13-9-7-10-14-25)30(35)23-34(27-19-17-26(18-20-27)24(3)4)39(37,38)28-15-11-8-12-16-28/h7-20,24,29H,5-6,21-23H2,1-4H3,(H,32,36)/t29-/m1/s1. The number of hydrogen-bond acceptors (Lipinski definition) is 4. The molecule has 2 amide bonds. The van der Waals surface area contributed by atoms with Crippen LogP contribution in [0.5, 0.6) is 0 Å². The van der Waals surface area contributed by atoms with E-state index in [1.165, 1.54) is 17.0 Å². The number of hydrogen-bond donors (Lipinski definition) is 1. The summed E-state index contributed by atoms with van der Waals surface area (Å²) in [5.74, 6) is -0.410. The van der Waals surface area contributed by atoms with E-state index in [-0.39, 0.29) is 23.3 Å². The highest BCUT2D eigenvalue weighted by Gasteiger charge is 2.33. The number of anilines is 1. The molecule has 1 N–H and O–H groups in total. The number of likely N-dealkylation sites (N-methyl/N-ethyl adjacent to an activating group) is 1. The van der Waals surface area contributed by atoms with Crippen LogP contribution in [0.4, 0.5) is 5.69 Å². The van der Waals surface area contributed by atoms with Gasteiger partial charge in [0, 0.05) is 13.1 Å². The van der Waals surface area contributed by atoms with Gasteiger partial charge in [-0.05, 0) is 61.1 Å². The molecule has 0 heterocycles. The normalized spacial score (nSPS) is 12.1. The Morgan fingerprint density at radius 3 is 1.97 bits per heavy atom. The Balaban J connectivity index is 2.00. The average molecular weight is 550 g/mol. The zero-order chi connectivity index (χ0) is 28.4. The van der Waals surface area contributed by atoms with E-state index in [1.54, 1.807) is 30.3 Å². The first-order valence-electron chi connectivity index (χ1n) is 13.5. The van der Waals surface area contributed by atoms with Crippen LogP contribution in [0.3, 0.4) is 0 Å². The molecule has 0 fully saturated rings. The summed E-state index contributed by atoms with van der Waals surface area (Å²) in [5, 5.41) is 2.82. The molecule has 0 aromatic heterocycles. The summed E-state index contributed by atoms with van der Waals surface area (Å²) in [6, 6.07) is 24.3. The summed E-state index contributed by atoms with van der Waals surface area (Å²) in [4.78, 5) is 28.5. The van der Waals surface area contributed by atoms with Crippen LogP contribution in [0.25, 0.3) is 0 Å². The van der Waals surface area contributed by atoms with E-state index in [0.29, 0.717) is 25.1 Å². The Labute approximate surface area is 232 Å². The second-order valence-electron chi connectivity index (χ2n) is 9.71. The molecule has 0 radical (unpaired) electrons. The predicted molar refractivity (Wildman–Crippen MR) is 156 cm³/mol. The Morgan fingerprint density at radius 2 is 1.44 bits per heavy atom. The molecule has 39 heavy (non-hydrogen) atoms. The fourth-order valence-corrected chi connectivity index (χ4v) is 5.90. The maximum atomic E-state index is 14.0. The first-order valence-corrected chi connectivity index (χ1v) is 14.9. The summed E-state index contributed by atoms with van der Waals surface area (Å²) in [5.41, 5.74) is 2.48. The number of rotatable bonds is 13. The van der Waals surface area contributed by atoms with Crippen molar-refractivity contribution in [2.24, 2.45) is 0 Å². The summed E-state index contributed by atoms with van der Waals surface area (Å²) in [6.45, 7) is 8.10. The van der Waals surface area contributed by atoms with Gasteiger partial charge in [0.1, 0.15) is 12.6 Å². The first kappa shape index (κ1) is 29.9. The van der Waals surface area contributed by atoms with Crippen LogP contribution in [0.15, 0.2) is 89.8 Å². The molecule has 7 nitrogen and oxygen atoms in total. The number of carbonyl (C=O) groups is 2. The van der Waals surface area contributed by atoms with E-state index in [2.05, 4.69) is 19.2 Å². The van der Waals surface area contributed by atoms with Crippen molar-refractivity contribution in [3.8, 4) is 0 Å². The van der Waals surface area contributed by atoms with E-state index < -0.39 is 28.5 Å². The second-order valence-corrected chi connectivity index (χ2v) is 11.6. The van der Waals surface area contributed by atoms with Crippen molar-refractivity contribution in [3.05, 3.63) is 96.1 Å². The van der Waals surface area contributed by atoms with E-state index >= 15 is 0 Å². The predicted octanol–water partition coefficient (Wildman–Crippen LogP) is 4.99. The molecule has 208 valence electrons. The molecule has 3 rings (SSSR count). The average Bonchev–Trinajstić information content (AvgIpc) is 2.95. The third-order valence-corrected chi connectivity index (χ3v) is 8.47. The quantitative estimate of drug-likeness (QED) is 0.325. The smallest absolute Gasteiger partial charge is 0.264 e. The second kappa shape index (κ2) is 13.9. The molecule has 0 saturated heterocycles. The number of carbonyl (C=O) groups excluding carboxylic acids is 2. The number of nitrogens with zero attached hydrogens (tertiary/aromatic N) is 2. The molecule has 0 unspecified atom stereocenters. The lowest BCUT2D eigenvalue weighted by Crippen LogP contribution is -2.53. The summed E-state index contributed by atoms with van der Waals surface area (Å²) >= 11 is 0. The van der Waals surface area contributed by atoms with E-state index in [4.69, 9.17) is 0 Å². The van der Waals surface area contributed by atoms with Gasteiger partial charge < -0.3 is 10.2 Å². The maximum Gasteiger partial charge on any atom is 0.264 e. The summed E-state index contributed by atoms with van der Waals surface area (Å²) in [7, 11) is -4.06. The van der Waals surface area contributed by atoms with Gasteiger partial charge in [-0.1, -0.05) is 81.4 Å². The maximum absolute atomic E-state index is 14.0. The zero-order valence-corrected chi connectivity index (χ0v) is 24.0. The van der Waals surface area contributed by atoms with Gasteiger partial charge in [-0.2, -0.15) is 0 Å². The van der Waals surface area contributed by atoms with Crippen molar-refractivity contribution < 1.29 is 18.0 Å². The lowest BCUT2D eigenvalue weighted by Gasteiger charge is -2.33. The van der Waals surface area contributed by atoms with Crippen LogP contribution in [-0.2, 0) is 26.0 Å². The molecule has 8 heteroatoms. The van der Waals surface area contributed by atoms with Crippen LogP contribution < -0.4 is 9.62 Å². The first-order chi connectivity index (χ1) is 18.7. The SMILES string of the molecule is CCNC(=O)[C@@H](CC)N(CCc1ccccc1)C(=O)CN(c1ccc(C(C)C)cc1)S(=O)(=O)c1ccccc1. The highest BCUT2D eigenvalue weighted by molar-refractivity contribution is 7.92. The molecule has 0 aliphatic heterocycles. The Morgan fingerprint density at radius 1 is 0.846 bits per heavy atom. The van der Waals surface area contributed by atoms with Crippen molar-refractivity contribution in [2.45, 2.75) is 57.4 Å². The Hall–Kier alpha value is -3.65. The molecule has 0 saturated carbocycles. The molecule has 1 atom stereocenters. The number of amides is 2. The van der Waals surface area contributed by atoms with Crippen molar-refractivity contribution in [1.82, 2.24) is 10.2 Å². The third-order valence-electron chi connectivity index (χ3n) is 6.68. The molecular formula is C31H39N3O4S. The van der Waals surface area contributed by atoms with Crippen LogP contribution in [-0.4, -0.2) is 50.8 Å². The van der Waals surface area contributed by atoms with Crippen LogP contribution in [0.2, 0.25) is 0 Å². The molecule has 0 aliphatic rings. The summed E-state index contributed by atoms with van der Waals surface area (Å²) < 4.78 is 28.8. The van der Waals surface area contributed by atoms with Crippen molar-refractivity contribution in [3.63, 3.8) is 0 Å². The van der Waals surface area contributed by atoms with Gasteiger partial charge in [0.15, 0.2) is 0 Å². The van der Waals surface area contributed by atoms with Gasteiger partial charge in [-0.3, -0.25) is 13.9 Å². The van der Waals surface area contributed by atoms with Crippen LogP contribution in [0, 0.1) is 0 Å². The van der Waals surface area contributed by atoms with Crippen molar-refractivity contribution in [1.29, 1.82) is 0 Å². The van der Waals surface area contributed by atoms with E-state index in [9.17, 15) is 18.0 Å². The van der Waals surface area contributed by atoms with Gasteiger partial charge in [0.25, 0.3) is 10.0 Å².